The second-order valence-corrected chi connectivity index (χ2v) is 9.22. The molecule has 0 saturated heterocycles. The first kappa shape index (κ1) is 16.3. The average Bonchev–Trinajstić information content (AvgIpc) is 2.84. The van der Waals surface area contributed by atoms with Crippen molar-refractivity contribution in [2.24, 2.45) is 34.5 Å². The molecule has 6 atom stereocenters. The number of fused-ring (bicyclic) bond motifs is 5. The maximum Gasteiger partial charge on any atom is 0.156 e. The van der Waals surface area contributed by atoms with Crippen molar-refractivity contribution < 1.29 is 9.59 Å². The van der Waals surface area contributed by atoms with Crippen LogP contribution in [0.15, 0.2) is 23.8 Å². The first-order valence-electron chi connectivity index (χ1n) is 9.78. The van der Waals surface area contributed by atoms with Crippen molar-refractivity contribution in [1.82, 2.24) is 0 Å². The fourth-order valence-corrected chi connectivity index (χ4v) is 7.09. The topological polar surface area (TPSA) is 34.1 Å². The molecule has 0 radical (unpaired) electrons. The Morgan fingerprint density at radius 1 is 1.17 bits per heavy atom. The predicted molar refractivity (Wildman–Crippen MR) is 95.4 cm³/mol. The highest BCUT2D eigenvalue weighted by molar-refractivity contribution is 5.93. The monoisotopic (exact) mass is 326 g/mol. The molecule has 0 amide bonds. The summed E-state index contributed by atoms with van der Waals surface area (Å²) in [5.74, 6) is 2.91. The number of carbonyl (C=O) groups is 2. The minimum Gasteiger partial charge on any atom is -0.299 e. The van der Waals surface area contributed by atoms with Gasteiger partial charge in [-0.1, -0.05) is 39.3 Å². The predicted octanol–water partition coefficient (Wildman–Crippen LogP) is 4.89. The standard InChI is InChI=1S/C22H30O2/c1-5-14-11-15(23)12-19-13(2)10-16-17-6-7-20(24)21(17,3)9-8-18(16)22(14,19)4/h12,14,16-18H,2,5-11H2,1,3-4H3/t14?,16-,17-,18+,21-,22+/m0/s1. The molecule has 4 aliphatic carbocycles. The summed E-state index contributed by atoms with van der Waals surface area (Å²) in [4.78, 5) is 24.8. The van der Waals surface area contributed by atoms with Crippen LogP contribution < -0.4 is 0 Å². The third-order valence-corrected chi connectivity index (χ3v) is 8.45. The number of allylic oxidation sites excluding steroid dienone is 2. The molecule has 0 aromatic carbocycles. The van der Waals surface area contributed by atoms with E-state index in [1.807, 2.05) is 6.08 Å². The lowest BCUT2D eigenvalue weighted by Crippen LogP contribution is -2.53. The van der Waals surface area contributed by atoms with Crippen molar-refractivity contribution >= 4 is 11.6 Å². The summed E-state index contributed by atoms with van der Waals surface area (Å²) in [5.41, 5.74) is 2.41. The van der Waals surface area contributed by atoms with Crippen LogP contribution in [0.5, 0.6) is 0 Å². The number of carbonyl (C=O) groups excluding carboxylic acids is 2. The van der Waals surface area contributed by atoms with E-state index < -0.39 is 0 Å². The smallest absolute Gasteiger partial charge is 0.156 e. The van der Waals surface area contributed by atoms with Crippen molar-refractivity contribution in [2.75, 3.05) is 0 Å². The van der Waals surface area contributed by atoms with E-state index in [0.717, 1.165) is 38.5 Å². The Hall–Kier alpha value is -1.18. The highest BCUT2D eigenvalue weighted by atomic mass is 16.1. The minimum absolute atomic E-state index is 0.0790. The number of ketones is 2. The van der Waals surface area contributed by atoms with E-state index in [9.17, 15) is 9.59 Å². The molecule has 0 aromatic rings. The molecular formula is C22H30O2. The van der Waals surface area contributed by atoms with Gasteiger partial charge in [0.05, 0.1) is 0 Å². The Labute approximate surface area is 145 Å². The molecule has 0 N–H and O–H groups in total. The van der Waals surface area contributed by atoms with Gasteiger partial charge in [0.15, 0.2) is 5.78 Å². The van der Waals surface area contributed by atoms with Crippen LogP contribution in [0.4, 0.5) is 0 Å². The molecule has 3 fully saturated rings. The summed E-state index contributed by atoms with van der Waals surface area (Å²) in [6.07, 6.45) is 8.65. The van der Waals surface area contributed by atoms with Crippen LogP contribution in [0, 0.1) is 34.5 Å². The molecule has 0 aromatic heterocycles. The zero-order chi connectivity index (χ0) is 17.3. The second-order valence-electron chi connectivity index (χ2n) is 9.22. The SMILES string of the molecule is C=C1C[C@@H]2[C@@H](CC[C@]3(C)C(=O)CC[C@@H]23)[C@]2(C)C1=CC(=O)CC2CC. The van der Waals surface area contributed by atoms with Crippen LogP contribution >= 0.6 is 0 Å². The van der Waals surface area contributed by atoms with Gasteiger partial charge in [0, 0.05) is 18.3 Å². The lowest BCUT2D eigenvalue weighted by Gasteiger charge is -2.59. The Balaban J connectivity index is 1.80. The van der Waals surface area contributed by atoms with E-state index in [0.29, 0.717) is 35.9 Å². The Morgan fingerprint density at radius 3 is 2.62 bits per heavy atom. The van der Waals surface area contributed by atoms with Crippen molar-refractivity contribution in [3.05, 3.63) is 23.8 Å². The molecule has 130 valence electrons. The van der Waals surface area contributed by atoms with Crippen LogP contribution in [0.25, 0.3) is 0 Å². The Morgan fingerprint density at radius 2 is 1.92 bits per heavy atom. The summed E-state index contributed by atoms with van der Waals surface area (Å²) in [5, 5.41) is 0. The number of Topliss-reactive ketones (excluding diaryl/α,β-unsaturated/α-hetero) is 1. The van der Waals surface area contributed by atoms with E-state index in [2.05, 4.69) is 27.4 Å². The van der Waals surface area contributed by atoms with Gasteiger partial charge in [-0.05, 0) is 66.4 Å². The van der Waals surface area contributed by atoms with Gasteiger partial charge < -0.3 is 0 Å². The van der Waals surface area contributed by atoms with Crippen LogP contribution in [0.2, 0.25) is 0 Å². The molecule has 2 heteroatoms. The van der Waals surface area contributed by atoms with E-state index in [1.165, 1.54) is 11.1 Å². The van der Waals surface area contributed by atoms with Crippen molar-refractivity contribution in [2.45, 2.75) is 65.7 Å². The van der Waals surface area contributed by atoms with Gasteiger partial charge in [-0.2, -0.15) is 0 Å². The summed E-state index contributed by atoms with van der Waals surface area (Å²) >= 11 is 0. The number of hydrogen-bond acceptors (Lipinski definition) is 2. The summed E-state index contributed by atoms with van der Waals surface area (Å²) in [6.45, 7) is 11.2. The lowest BCUT2D eigenvalue weighted by molar-refractivity contribution is -0.133. The molecule has 0 aliphatic heterocycles. The Kier molecular flexibility index (Phi) is 3.50. The van der Waals surface area contributed by atoms with Gasteiger partial charge in [0.1, 0.15) is 5.78 Å². The molecule has 3 saturated carbocycles. The minimum atomic E-state index is -0.0920. The van der Waals surface area contributed by atoms with Crippen LogP contribution in [0.1, 0.15) is 65.7 Å². The highest BCUT2D eigenvalue weighted by Gasteiger charge is 2.61. The van der Waals surface area contributed by atoms with Crippen LogP contribution in [0.3, 0.4) is 0 Å². The van der Waals surface area contributed by atoms with E-state index in [4.69, 9.17) is 0 Å². The summed E-state index contributed by atoms with van der Waals surface area (Å²) in [7, 11) is 0. The van der Waals surface area contributed by atoms with Gasteiger partial charge >= 0.3 is 0 Å². The molecule has 2 nitrogen and oxygen atoms in total. The van der Waals surface area contributed by atoms with E-state index >= 15 is 0 Å². The van der Waals surface area contributed by atoms with Gasteiger partial charge in [0.2, 0.25) is 0 Å². The molecule has 0 heterocycles. The third-order valence-electron chi connectivity index (χ3n) is 8.45. The molecule has 4 aliphatic rings. The van der Waals surface area contributed by atoms with E-state index in [1.54, 1.807) is 0 Å². The van der Waals surface area contributed by atoms with Crippen LogP contribution in [-0.2, 0) is 9.59 Å². The van der Waals surface area contributed by atoms with Gasteiger partial charge in [-0.25, -0.2) is 0 Å². The molecular weight excluding hydrogens is 296 g/mol. The molecule has 1 unspecified atom stereocenters. The van der Waals surface area contributed by atoms with Gasteiger partial charge in [-0.3, -0.25) is 9.59 Å². The first-order chi connectivity index (χ1) is 11.3. The molecule has 0 bridgehead atoms. The highest BCUT2D eigenvalue weighted by Crippen LogP contribution is 2.66. The van der Waals surface area contributed by atoms with Crippen molar-refractivity contribution in [3.8, 4) is 0 Å². The fourth-order valence-electron chi connectivity index (χ4n) is 7.09. The summed E-state index contributed by atoms with van der Waals surface area (Å²) < 4.78 is 0. The largest absolute Gasteiger partial charge is 0.299 e. The normalized spacial score (nSPS) is 47.8. The maximum atomic E-state index is 12.5. The first-order valence-corrected chi connectivity index (χ1v) is 9.78. The maximum absolute atomic E-state index is 12.5. The summed E-state index contributed by atoms with van der Waals surface area (Å²) in [6, 6.07) is 0. The van der Waals surface area contributed by atoms with E-state index in [-0.39, 0.29) is 16.6 Å². The molecule has 0 spiro atoms. The molecule has 4 rings (SSSR count). The third kappa shape index (κ3) is 1.89. The van der Waals surface area contributed by atoms with Crippen LogP contribution in [-0.4, -0.2) is 11.6 Å². The zero-order valence-electron chi connectivity index (χ0n) is 15.4. The van der Waals surface area contributed by atoms with Gasteiger partial charge in [0.25, 0.3) is 0 Å². The Bertz CT molecular complexity index is 657. The second kappa shape index (κ2) is 5.16. The lowest BCUT2D eigenvalue weighted by atomic mass is 9.44. The number of hydrogen-bond donors (Lipinski definition) is 0. The number of rotatable bonds is 1. The van der Waals surface area contributed by atoms with Gasteiger partial charge in [-0.15, -0.1) is 0 Å². The fraction of sp³-hybridized carbons (Fsp3) is 0.727. The molecule has 24 heavy (non-hydrogen) atoms. The zero-order valence-corrected chi connectivity index (χ0v) is 15.4. The average molecular weight is 326 g/mol. The van der Waals surface area contributed by atoms with Crippen molar-refractivity contribution in [1.29, 1.82) is 0 Å². The quantitative estimate of drug-likeness (QED) is 0.687. The van der Waals surface area contributed by atoms with Crippen molar-refractivity contribution in [3.63, 3.8) is 0 Å².